The quantitative estimate of drug-likeness (QED) is 0.485. The lowest BCUT2D eigenvalue weighted by atomic mass is 10.0. The summed E-state index contributed by atoms with van der Waals surface area (Å²) in [5.74, 6) is 0.282. The number of rotatable bonds is 9. The smallest absolute Gasteiger partial charge is 0.164 e. The van der Waals surface area contributed by atoms with E-state index in [4.69, 9.17) is 4.74 Å². The maximum atomic E-state index is 12.0. The molecule has 0 spiro atoms. The van der Waals surface area contributed by atoms with Crippen molar-refractivity contribution in [2.75, 3.05) is 0 Å². The third kappa shape index (κ3) is 4.46. The Morgan fingerprint density at radius 1 is 1.05 bits per heavy atom. The molecule has 0 bridgehead atoms. The van der Waals surface area contributed by atoms with E-state index in [-0.39, 0.29) is 18.0 Å². The van der Waals surface area contributed by atoms with Crippen molar-refractivity contribution in [2.24, 2.45) is 0 Å². The maximum Gasteiger partial charge on any atom is 0.164 e. The Morgan fingerprint density at radius 3 is 2.47 bits per heavy atom. The SMILES string of the molecule is CCCCCCCCC(=O)C1OC1c1ccccc1. The number of carbonyl (C=O) groups is 1. The van der Waals surface area contributed by atoms with Crippen molar-refractivity contribution >= 4 is 5.78 Å². The molecule has 1 heterocycles. The number of ketones is 1. The maximum absolute atomic E-state index is 12.0. The highest BCUT2D eigenvalue weighted by Gasteiger charge is 2.44. The molecule has 2 heteroatoms. The largest absolute Gasteiger partial charge is 0.356 e. The molecule has 1 fully saturated rings. The molecule has 0 aliphatic carbocycles. The molecule has 0 N–H and O–H groups in total. The van der Waals surface area contributed by atoms with Crippen LogP contribution in [0.1, 0.15) is 63.5 Å². The standard InChI is InChI=1S/C17H24O2/c1-2-3-4-5-6-10-13-15(18)17-16(19-17)14-11-8-7-9-12-14/h7-9,11-12,16-17H,2-6,10,13H2,1H3. The van der Waals surface area contributed by atoms with E-state index >= 15 is 0 Å². The Labute approximate surface area is 116 Å². The number of hydrogen-bond acceptors (Lipinski definition) is 2. The van der Waals surface area contributed by atoms with Crippen LogP contribution in [-0.2, 0) is 9.53 Å². The van der Waals surface area contributed by atoms with E-state index in [1.54, 1.807) is 0 Å². The zero-order chi connectivity index (χ0) is 13.5. The number of Topliss-reactive ketones (excluding diaryl/α,β-unsaturated/α-hetero) is 1. The van der Waals surface area contributed by atoms with E-state index in [0.717, 1.165) is 12.0 Å². The first kappa shape index (κ1) is 14.3. The summed E-state index contributed by atoms with van der Waals surface area (Å²) in [6.07, 6.45) is 7.88. The van der Waals surface area contributed by atoms with Gasteiger partial charge in [-0.05, 0) is 12.0 Å². The molecule has 1 aliphatic heterocycles. The molecule has 104 valence electrons. The van der Waals surface area contributed by atoms with Crippen molar-refractivity contribution in [3.8, 4) is 0 Å². The average Bonchev–Trinajstić information content (AvgIpc) is 3.24. The summed E-state index contributed by atoms with van der Waals surface area (Å²) in [5, 5.41) is 0. The van der Waals surface area contributed by atoms with Crippen LogP contribution in [0.4, 0.5) is 0 Å². The third-order valence-electron chi connectivity index (χ3n) is 3.71. The van der Waals surface area contributed by atoms with Gasteiger partial charge in [0, 0.05) is 6.42 Å². The van der Waals surface area contributed by atoms with Crippen LogP contribution >= 0.6 is 0 Å². The van der Waals surface area contributed by atoms with Gasteiger partial charge in [-0.2, -0.15) is 0 Å². The van der Waals surface area contributed by atoms with Gasteiger partial charge in [-0.15, -0.1) is 0 Å². The molecule has 2 nitrogen and oxygen atoms in total. The minimum absolute atomic E-state index is 0.0220. The van der Waals surface area contributed by atoms with Gasteiger partial charge < -0.3 is 4.74 Å². The van der Waals surface area contributed by atoms with Gasteiger partial charge in [-0.1, -0.05) is 69.4 Å². The number of unbranched alkanes of at least 4 members (excludes halogenated alkanes) is 5. The molecule has 1 saturated heterocycles. The van der Waals surface area contributed by atoms with Crippen LogP contribution in [-0.4, -0.2) is 11.9 Å². The molecule has 19 heavy (non-hydrogen) atoms. The second kappa shape index (κ2) is 7.44. The summed E-state index contributed by atoms with van der Waals surface area (Å²) >= 11 is 0. The molecule has 0 amide bonds. The average molecular weight is 260 g/mol. The van der Waals surface area contributed by atoms with Crippen LogP contribution in [0.2, 0.25) is 0 Å². The van der Waals surface area contributed by atoms with Crippen LogP contribution in [0.3, 0.4) is 0 Å². The van der Waals surface area contributed by atoms with Gasteiger partial charge in [-0.25, -0.2) is 0 Å². The zero-order valence-electron chi connectivity index (χ0n) is 11.8. The van der Waals surface area contributed by atoms with Gasteiger partial charge in [0.05, 0.1) is 0 Å². The third-order valence-corrected chi connectivity index (χ3v) is 3.71. The first-order valence-electron chi connectivity index (χ1n) is 7.56. The molecule has 0 radical (unpaired) electrons. The van der Waals surface area contributed by atoms with Gasteiger partial charge in [0.2, 0.25) is 0 Å². The molecule has 2 atom stereocenters. The van der Waals surface area contributed by atoms with E-state index in [0.29, 0.717) is 6.42 Å². The Morgan fingerprint density at radius 2 is 1.74 bits per heavy atom. The fraction of sp³-hybridized carbons (Fsp3) is 0.588. The van der Waals surface area contributed by atoms with Gasteiger partial charge in [0.1, 0.15) is 12.2 Å². The predicted octanol–water partition coefficient (Wildman–Crippen LogP) is 4.45. The topological polar surface area (TPSA) is 29.6 Å². The van der Waals surface area contributed by atoms with Crippen molar-refractivity contribution in [3.63, 3.8) is 0 Å². The van der Waals surface area contributed by atoms with Gasteiger partial charge in [0.15, 0.2) is 5.78 Å². The second-order valence-electron chi connectivity index (χ2n) is 5.37. The molecule has 1 aromatic rings. The van der Waals surface area contributed by atoms with Crippen LogP contribution in [0.5, 0.6) is 0 Å². The minimum Gasteiger partial charge on any atom is -0.356 e. The molecule has 0 aromatic heterocycles. The lowest BCUT2D eigenvalue weighted by Crippen LogP contribution is -2.07. The second-order valence-corrected chi connectivity index (χ2v) is 5.37. The molecule has 1 aliphatic rings. The predicted molar refractivity (Wildman–Crippen MR) is 77.1 cm³/mol. The Kier molecular flexibility index (Phi) is 5.59. The summed E-state index contributed by atoms with van der Waals surface area (Å²) in [7, 11) is 0. The van der Waals surface area contributed by atoms with E-state index in [1.807, 2.05) is 30.3 Å². The Balaban J connectivity index is 1.61. The highest BCUT2D eigenvalue weighted by Crippen LogP contribution is 2.39. The van der Waals surface area contributed by atoms with Crippen molar-refractivity contribution in [2.45, 2.75) is 64.1 Å². The number of epoxide rings is 1. The van der Waals surface area contributed by atoms with Crippen molar-refractivity contribution in [1.82, 2.24) is 0 Å². The molecular weight excluding hydrogens is 236 g/mol. The fourth-order valence-corrected chi connectivity index (χ4v) is 2.48. The zero-order valence-corrected chi connectivity index (χ0v) is 11.8. The first-order chi connectivity index (χ1) is 9.33. The van der Waals surface area contributed by atoms with Crippen LogP contribution < -0.4 is 0 Å². The molecule has 2 rings (SSSR count). The molecular formula is C17H24O2. The number of benzene rings is 1. The van der Waals surface area contributed by atoms with Crippen LogP contribution in [0, 0.1) is 0 Å². The van der Waals surface area contributed by atoms with Crippen molar-refractivity contribution < 1.29 is 9.53 Å². The molecule has 0 saturated carbocycles. The highest BCUT2D eigenvalue weighted by molar-refractivity contribution is 5.86. The van der Waals surface area contributed by atoms with Gasteiger partial charge in [-0.3, -0.25) is 4.79 Å². The summed E-state index contributed by atoms with van der Waals surface area (Å²) < 4.78 is 5.51. The summed E-state index contributed by atoms with van der Waals surface area (Å²) in [5.41, 5.74) is 1.13. The van der Waals surface area contributed by atoms with E-state index < -0.39 is 0 Å². The molecule has 2 unspecified atom stereocenters. The lowest BCUT2D eigenvalue weighted by Gasteiger charge is -1.99. The summed E-state index contributed by atoms with van der Waals surface area (Å²) in [4.78, 5) is 12.0. The fourth-order valence-electron chi connectivity index (χ4n) is 2.48. The lowest BCUT2D eigenvalue weighted by molar-refractivity contribution is -0.120. The number of carbonyl (C=O) groups excluding carboxylic acids is 1. The van der Waals surface area contributed by atoms with E-state index in [1.165, 1.54) is 32.1 Å². The minimum atomic E-state index is -0.168. The Hall–Kier alpha value is -1.15. The van der Waals surface area contributed by atoms with Gasteiger partial charge in [0.25, 0.3) is 0 Å². The number of hydrogen-bond donors (Lipinski definition) is 0. The van der Waals surface area contributed by atoms with Crippen LogP contribution in [0.25, 0.3) is 0 Å². The monoisotopic (exact) mass is 260 g/mol. The van der Waals surface area contributed by atoms with E-state index in [2.05, 4.69) is 6.92 Å². The number of ether oxygens (including phenoxy) is 1. The van der Waals surface area contributed by atoms with Crippen molar-refractivity contribution in [3.05, 3.63) is 35.9 Å². The summed E-state index contributed by atoms with van der Waals surface area (Å²) in [6, 6.07) is 10.0. The Bertz CT molecular complexity index is 386. The van der Waals surface area contributed by atoms with Gasteiger partial charge >= 0.3 is 0 Å². The summed E-state index contributed by atoms with van der Waals surface area (Å²) in [6.45, 7) is 2.22. The van der Waals surface area contributed by atoms with Crippen molar-refractivity contribution in [1.29, 1.82) is 0 Å². The normalized spacial score (nSPS) is 21.3. The molecule has 1 aromatic carbocycles. The first-order valence-corrected chi connectivity index (χ1v) is 7.56. The van der Waals surface area contributed by atoms with E-state index in [9.17, 15) is 4.79 Å². The van der Waals surface area contributed by atoms with Crippen LogP contribution in [0.15, 0.2) is 30.3 Å². The highest BCUT2D eigenvalue weighted by atomic mass is 16.6.